The standard InChI is InChI=1S/C20H34N2O4/c1-6-9-10-11-20(5,26-8-3)19(23)22-17-14-16(4)18(21-15-17)25-13-12-24-7-2/h14-15H,6-13H2,1-5H3,(H,22,23)/t20-/m1/s1. The van der Waals surface area contributed by atoms with Crippen LogP contribution in [0.5, 0.6) is 5.88 Å². The number of unbranched alkanes of at least 4 members (excludes halogenated alkanes) is 2. The summed E-state index contributed by atoms with van der Waals surface area (Å²) in [5, 5.41) is 2.93. The zero-order valence-electron chi connectivity index (χ0n) is 16.9. The summed E-state index contributed by atoms with van der Waals surface area (Å²) >= 11 is 0. The molecule has 0 unspecified atom stereocenters. The van der Waals surface area contributed by atoms with Gasteiger partial charge in [0.25, 0.3) is 5.91 Å². The van der Waals surface area contributed by atoms with E-state index < -0.39 is 5.60 Å². The van der Waals surface area contributed by atoms with Crippen molar-refractivity contribution in [3.8, 4) is 5.88 Å². The van der Waals surface area contributed by atoms with E-state index in [1.807, 2.05) is 33.8 Å². The Kier molecular flexibility index (Phi) is 10.2. The summed E-state index contributed by atoms with van der Waals surface area (Å²) in [6.07, 6.45) is 5.47. The van der Waals surface area contributed by atoms with Crippen LogP contribution in [0, 0.1) is 6.92 Å². The van der Waals surface area contributed by atoms with Crippen LogP contribution < -0.4 is 10.1 Å². The molecule has 1 N–H and O–H groups in total. The Morgan fingerprint density at radius 2 is 1.96 bits per heavy atom. The number of amides is 1. The summed E-state index contributed by atoms with van der Waals surface area (Å²) in [6.45, 7) is 11.9. The van der Waals surface area contributed by atoms with Gasteiger partial charge in [-0.1, -0.05) is 26.2 Å². The number of aromatic nitrogens is 1. The molecule has 0 aliphatic heterocycles. The molecule has 0 fully saturated rings. The first-order valence-electron chi connectivity index (χ1n) is 9.59. The molecular weight excluding hydrogens is 332 g/mol. The van der Waals surface area contributed by atoms with Crippen LogP contribution in [0.25, 0.3) is 0 Å². The second-order valence-electron chi connectivity index (χ2n) is 6.47. The fourth-order valence-corrected chi connectivity index (χ4v) is 2.67. The molecule has 0 saturated carbocycles. The lowest BCUT2D eigenvalue weighted by Gasteiger charge is -2.28. The molecule has 0 aliphatic rings. The lowest BCUT2D eigenvalue weighted by molar-refractivity contribution is -0.139. The van der Waals surface area contributed by atoms with Crippen molar-refractivity contribution in [1.29, 1.82) is 0 Å². The highest BCUT2D eigenvalue weighted by molar-refractivity contribution is 5.97. The quantitative estimate of drug-likeness (QED) is 0.532. The molecular formula is C20H34N2O4. The lowest BCUT2D eigenvalue weighted by atomic mass is 9.96. The van der Waals surface area contributed by atoms with Gasteiger partial charge in [0.05, 0.1) is 18.5 Å². The summed E-state index contributed by atoms with van der Waals surface area (Å²) in [4.78, 5) is 17.0. The Morgan fingerprint density at radius 1 is 1.19 bits per heavy atom. The Hall–Kier alpha value is -1.66. The van der Waals surface area contributed by atoms with E-state index in [9.17, 15) is 4.79 Å². The molecule has 0 saturated heterocycles. The lowest BCUT2D eigenvalue weighted by Crippen LogP contribution is -2.42. The molecule has 1 atom stereocenters. The van der Waals surface area contributed by atoms with Crippen molar-refractivity contribution in [1.82, 2.24) is 4.98 Å². The van der Waals surface area contributed by atoms with Crippen molar-refractivity contribution in [3.05, 3.63) is 17.8 Å². The first-order valence-corrected chi connectivity index (χ1v) is 9.59. The van der Waals surface area contributed by atoms with Crippen LogP contribution in [0.1, 0.15) is 58.9 Å². The SMILES string of the molecule is CCCCC[C@@](C)(OCC)C(=O)Nc1cnc(OCCOCC)c(C)c1. The van der Waals surface area contributed by atoms with Gasteiger partial charge in [-0.15, -0.1) is 0 Å². The minimum atomic E-state index is -0.829. The largest absolute Gasteiger partial charge is 0.475 e. The van der Waals surface area contributed by atoms with Gasteiger partial charge in [0.1, 0.15) is 12.2 Å². The molecule has 26 heavy (non-hydrogen) atoms. The average Bonchev–Trinajstić information content (AvgIpc) is 2.60. The highest BCUT2D eigenvalue weighted by atomic mass is 16.5. The van der Waals surface area contributed by atoms with Gasteiger partial charge in [-0.3, -0.25) is 4.79 Å². The predicted octanol–water partition coefficient (Wildman–Crippen LogP) is 4.12. The van der Waals surface area contributed by atoms with Crippen LogP contribution in [0.4, 0.5) is 5.69 Å². The Balaban J connectivity index is 2.70. The number of nitrogens with one attached hydrogen (secondary N) is 1. The van der Waals surface area contributed by atoms with Crippen molar-refractivity contribution < 1.29 is 19.0 Å². The normalized spacial score (nSPS) is 13.3. The van der Waals surface area contributed by atoms with Gasteiger partial charge in [0.15, 0.2) is 0 Å². The van der Waals surface area contributed by atoms with Crippen molar-refractivity contribution >= 4 is 11.6 Å². The van der Waals surface area contributed by atoms with Gasteiger partial charge in [-0.2, -0.15) is 0 Å². The number of carbonyl (C=O) groups is 1. The van der Waals surface area contributed by atoms with Gasteiger partial charge in [-0.25, -0.2) is 4.98 Å². The predicted molar refractivity (Wildman–Crippen MR) is 104 cm³/mol. The van der Waals surface area contributed by atoms with E-state index in [0.29, 0.717) is 44.4 Å². The molecule has 0 aromatic carbocycles. The third kappa shape index (κ3) is 7.30. The number of pyridine rings is 1. The fraction of sp³-hybridized carbons (Fsp3) is 0.700. The molecule has 6 nitrogen and oxygen atoms in total. The van der Waals surface area contributed by atoms with Gasteiger partial charge >= 0.3 is 0 Å². The summed E-state index contributed by atoms with van der Waals surface area (Å²) in [5.41, 5.74) is 0.680. The van der Waals surface area contributed by atoms with Crippen LogP contribution in [0.2, 0.25) is 0 Å². The van der Waals surface area contributed by atoms with E-state index >= 15 is 0 Å². The zero-order valence-corrected chi connectivity index (χ0v) is 16.9. The zero-order chi connectivity index (χ0) is 19.4. The highest BCUT2D eigenvalue weighted by Gasteiger charge is 2.33. The Bertz CT molecular complexity index is 551. The van der Waals surface area contributed by atoms with Crippen molar-refractivity contribution in [2.75, 3.05) is 31.7 Å². The number of hydrogen-bond acceptors (Lipinski definition) is 5. The van der Waals surface area contributed by atoms with Crippen molar-refractivity contribution in [2.45, 2.75) is 65.9 Å². The second-order valence-corrected chi connectivity index (χ2v) is 6.47. The molecule has 0 aliphatic carbocycles. The van der Waals surface area contributed by atoms with E-state index in [1.165, 1.54) is 0 Å². The molecule has 1 amide bonds. The van der Waals surface area contributed by atoms with Gasteiger partial charge in [-0.05, 0) is 40.2 Å². The molecule has 6 heteroatoms. The van der Waals surface area contributed by atoms with Gasteiger partial charge < -0.3 is 19.5 Å². The van der Waals surface area contributed by atoms with Crippen molar-refractivity contribution in [2.24, 2.45) is 0 Å². The number of hydrogen-bond donors (Lipinski definition) is 1. The van der Waals surface area contributed by atoms with Crippen LogP contribution in [0.3, 0.4) is 0 Å². The monoisotopic (exact) mass is 366 g/mol. The summed E-state index contributed by atoms with van der Waals surface area (Å²) in [5.74, 6) is 0.417. The smallest absolute Gasteiger partial charge is 0.256 e. The van der Waals surface area contributed by atoms with E-state index in [0.717, 1.165) is 24.8 Å². The van der Waals surface area contributed by atoms with Crippen molar-refractivity contribution in [3.63, 3.8) is 0 Å². The highest BCUT2D eigenvalue weighted by Crippen LogP contribution is 2.24. The molecule has 1 aromatic rings. The van der Waals surface area contributed by atoms with E-state index in [1.54, 1.807) is 6.20 Å². The maximum absolute atomic E-state index is 12.7. The number of aryl methyl sites for hydroxylation is 1. The number of carbonyl (C=O) groups excluding carboxylic acids is 1. The number of anilines is 1. The summed E-state index contributed by atoms with van der Waals surface area (Å²) in [7, 11) is 0. The topological polar surface area (TPSA) is 69.7 Å². The minimum Gasteiger partial charge on any atom is -0.475 e. The number of ether oxygens (including phenoxy) is 3. The number of nitrogens with zero attached hydrogens (tertiary/aromatic N) is 1. The second kappa shape index (κ2) is 11.9. The average molecular weight is 367 g/mol. The van der Waals surface area contributed by atoms with E-state index in [4.69, 9.17) is 14.2 Å². The van der Waals surface area contributed by atoms with E-state index in [-0.39, 0.29) is 5.91 Å². The Labute approximate surface area is 157 Å². The fourth-order valence-electron chi connectivity index (χ4n) is 2.67. The molecule has 1 rings (SSSR count). The summed E-state index contributed by atoms with van der Waals surface area (Å²) in [6, 6.07) is 1.86. The molecule has 0 bridgehead atoms. The van der Waals surface area contributed by atoms with Crippen LogP contribution in [-0.4, -0.2) is 42.9 Å². The molecule has 1 aromatic heterocycles. The molecule has 1 heterocycles. The van der Waals surface area contributed by atoms with Crippen LogP contribution in [-0.2, 0) is 14.3 Å². The third-order valence-electron chi connectivity index (χ3n) is 4.16. The van der Waals surface area contributed by atoms with Gasteiger partial charge in [0.2, 0.25) is 5.88 Å². The molecule has 148 valence electrons. The maximum atomic E-state index is 12.7. The van der Waals surface area contributed by atoms with Gasteiger partial charge in [0, 0.05) is 18.8 Å². The first-order chi connectivity index (χ1) is 12.5. The van der Waals surface area contributed by atoms with Crippen LogP contribution >= 0.6 is 0 Å². The molecule has 0 spiro atoms. The minimum absolute atomic E-state index is 0.137. The van der Waals surface area contributed by atoms with E-state index in [2.05, 4.69) is 17.2 Å². The first kappa shape index (κ1) is 22.4. The molecule has 0 radical (unpaired) electrons. The summed E-state index contributed by atoms with van der Waals surface area (Å²) < 4.78 is 16.6. The number of rotatable bonds is 13. The maximum Gasteiger partial charge on any atom is 0.256 e. The third-order valence-corrected chi connectivity index (χ3v) is 4.16. The van der Waals surface area contributed by atoms with Crippen LogP contribution in [0.15, 0.2) is 12.3 Å². The Morgan fingerprint density at radius 3 is 2.58 bits per heavy atom.